The van der Waals surface area contributed by atoms with E-state index < -0.39 is 0 Å². The summed E-state index contributed by atoms with van der Waals surface area (Å²) in [6, 6.07) is 2.09. The summed E-state index contributed by atoms with van der Waals surface area (Å²) < 4.78 is 1.55. The maximum absolute atomic E-state index is 11.2. The second kappa shape index (κ2) is 4.86. The summed E-state index contributed by atoms with van der Waals surface area (Å²) in [5.41, 5.74) is -0.209. The van der Waals surface area contributed by atoms with Crippen molar-refractivity contribution in [2.75, 3.05) is 0 Å². The van der Waals surface area contributed by atoms with Gasteiger partial charge in [-0.05, 0) is 13.3 Å². The molecule has 0 aliphatic rings. The third-order valence-electron chi connectivity index (χ3n) is 1.63. The molecular weight excluding hydrogens is 200 g/mol. The molecular formula is C8H12N4OS. The van der Waals surface area contributed by atoms with E-state index in [-0.39, 0.29) is 10.9 Å². The highest BCUT2D eigenvalue weighted by Gasteiger charge is 2.11. The van der Waals surface area contributed by atoms with Crippen LogP contribution < -0.4 is 5.69 Å². The standard InChI is InChI=1S/C8H12N4OS/c1-3-4-12-7(13)10-11-8(12)14-6(2)5-9/h6H,3-4H2,1-2H3,(H,10,13). The molecule has 0 aromatic carbocycles. The molecule has 1 N–H and O–H groups in total. The molecule has 1 aromatic rings. The van der Waals surface area contributed by atoms with Gasteiger partial charge < -0.3 is 0 Å². The molecule has 76 valence electrons. The Morgan fingerprint density at radius 3 is 3.07 bits per heavy atom. The van der Waals surface area contributed by atoms with Gasteiger partial charge in [0.2, 0.25) is 0 Å². The SMILES string of the molecule is CCCn1c(SC(C)C#N)n[nH]c1=O. The van der Waals surface area contributed by atoms with Gasteiger partial charge in [0.05, 0.1) is 11.3 Å². The number of hydrogen-bond donors (Lipinski definition) is 1. The molecule has 1 unspecified atom stereocenters. The molecule has 0 fully saturated rings. The van der Waals surface area contributed by atoms with Gasteiger partial charge in [-0.15, -0.1) is 5.10 Å². The Morgan fingerprint density at radius 1 is 1.79 bits per heavy atom. The Bertz CT molecular complexity index is 389. The number of nitrogens with one attached hydrogen (secondary N) is 1. The topological polar surface area (TPSA) is 74.5 Å². The normalized spacial score (nSPS) is 12.4. The summed E-state index contributed by atoms with van der Waals surface area (Å²) in [4.78, 5) is 11.2. The number of aromatic amines is 1. The lowest BCUT2D eigenvalue weighted by atomic mass is 10.5. The Labute approximate surface area is 86.1 Å². The maximum atomic E-state index is 11.2. The van der Waals surface area contributed by atoms with Crippen LogP contribution in [-0.2, 0) is 6.54 Å². The molecule has 1 heterocycles. The summed E-state index contributed by atoms with van der Waals surface area (Å²) in [5.74, 6) is 0. The van der Waals surface area contributed by atoms with E-state index in [0.717, 1.165) is 6.42 Å². The zero-order valence-electron chi connectivity index (χ0n) is 8.15. The monoisotopic (exact) mass is 212 g/mol. The third kappa shape index (κ3) is 2.39. The molecule has 0 aliphatic heterocycles. The van der Waals surface area contributed by atoms with E-state index >= 15 is 0 Å². The molecule has 1 atom stereocenters. The van der Waals surface area contributed by atoms with E-state index in [1.54, 1.807) is 11.5 Å². The van der Waals surface area contributed by atoms with Gasteiger partial charge in [-0.1, -0.05) is 18.7 Å². The van der Waals surface area contributed by atoms with Gasteiger partial charge >= 0.3 is 5.69 Å². The fourth-order valence-electron chi connectivity index (χ4n) is 0.998. The number of thioether (sulfide) groups is 1. The first-order valence-corrected chi connectivity index (χ1v) is 5.28. The summed E-state index contributed by atoms with van der Waals surface area (Å²) >= 11 is 1.29. The van der Waals surface area contributed by atoms with Crippen LogP contribution in [0.15, 0.2) is 9.95 Å². The molecule has 0 saturated carbocycles. The van der Waals surface area contributed by atoms with E-state index in [1.807, 2.05) is 6.92 Å². The van der Waals surface area contributed by atoms with Crippen LogP contribution >= 0.6 is 11.8 Å². The van der Waals surface area contributed by atoms with Crippen molar-refractivity contribution in [1.29, 1.82) is 5.26 Å². The van der Waals surface area contributed by atoms with E-state index in [1.165, 1.54) is 11.8 Å². The highest BCUT2D eigenvalue weighted by Crippen LogP contribution is 2.18. The highest BCUT2D eigenvalue weighted by molar-refractivity contribution is 8.00. The quantitative estimate of drug-likeness (QED) is 0.755. The molecule has 0 amide bonds. The molecule has 0 radical (unpaired) electrons. The summed E-state index contributed by atoms with van der Waals surface area (Å²) in [6.45, 7) is 4.40. The summed E-state index contributed by atoms with van der Waals surface area (Å²) in [6.07, 6.45) is 0.869. The Morgan fingerprint density at radius 2 is 2.50 bits per heavy atom. The third-order valence-corrected chi connectivity index (χ3v) is 2.62. The number of rotatable bonds is 4. The molecule has 0 spiro atoms. The summed E-state index contributed by atoms with van der Waals surface area (Å²) in [7, 11) is 0. The highest BCUT2D eigenvalue weighted by atomic mass is 32.2. The second-order valence-electron chi connectivity index (χ2n) is 2.85. The van der Waals surface area contributed by atoms with Crippen molar-refractivity contribution >= 4 is 11.8 Å². The van der Waals surface area contributed by atoms with Crippen LogP contribution in [0, 0.1) is 11.3 Å². The van der Waals surface area contributed by atoms with Crippen molar-refractivity contribution < 1.29 is 0 Å². The van der Waals surface area contributed by atoms with Crippen molar-refractivity contribution in [1.82, 2.24) is 14.8 Å². The van der Waals surface area contributed by atoms with Crippen LogP contribution in [0.2, 0.25) is 0 Å². The fourth-order valence-corrected chi connectivity index (χ4v) is 1.77. The van der Waals surface area contributed by atoms with E-state index in [0.29, 0.717) is 11.7 Å². The predicted molar refractivity (Wildman–Crippen MR) is 54.1 cm³/mol. The number of hydrogen-bond acceptors (Lipinski definition) is 4. The van der Waals surface area contributed by atoms with E-state index in [9.17, 15) is 4.79 Å². The lowest BCUT2D eigenvalue weighted by molar-refractivity contribution is 0.603. The van der Waals surface area contributed by atoms with E-state index in [4.69, 9.17) is 5.26 Å². The van der Waals surface area contributed by atoms with Crippen molar-refractivity contribution in [2.24, 2.45) is 0 Å². The first-order valence-electron chi connectivity index (χ1n) is 4.40. The van der Waals surface area contributed by atoms with Gasteiger partial charge in [0.1, 0.15) is 0 Å². The first-order chi connectivity index (χ1) is 6.69. The van der Waals surface area contributed by atoms with Gasteiger partial charge in [-0.3, -0.25) is 4.57 Å². The zero-order chi connectivity index (χ0) is 10.6. The van der Waals surface area contributed by atoms with Gasteiger partial charge in [0.15, 0.2) is 5.16 Å². The van der Waals surface area contributed by atoms with Crippen LogP contribution in [0.1, 0.15) is 20.3 Å². The van der Waals surface area contributed by atoms with E-state index in [2.05, 4.69) is 16.3 Å². The number of nitrogens with zero attached hydrogens (tertiary/aromatic N) is 3. The smallest absolute Gasteiger partial charge is 0.270 e. The Hall–Kier alpha value is -1.22. The van der Waals surface area contributed by atoms with Crippen molar-refractivity contribution in [3.05, 3.63) is 10.5 Å². The van der Waals surface area contributed by atoms with Gasteiger partial charge in [-0.2, -0.15) is 5.26 Å². The number of H-pyrrole nitrogens is 1. The van der Waals surface area contributed by atoms with Gasteiger partial charge in [-0.25, -0.2) is 9.89 Å². The van der Waals surface area contributed by atoms with Crippen molar-refractivity contribution in [3.8, 4) is 6.07 Å². The predicted octanol–water partition coefficient (Wildman–Crippen LogP) is 0.986. The second-order valence-corrected chi connectivity index (χ2v) is 4.16. The van der Waals surface area contributed by atoms with Crippen molar-refractivity contribution in [2.45, 2.75) is 37.2 Å². The molecule has 14 heavy (non-hydrogen) atoms. The van der Waals surface area contributed by atoms with Crippen LogP contribution in [0.3, 0.4) is 0 Å². The number of aromatic nitrogens is 3. The molecule has 1 aromatic heterocycles. The fraction of sp³-hybridized carbons (Fsp3) is 0.625. The maximum Gasteiger partial charge on any atom is 0.343 e. The molecule has 5 nitrogen and oxygen atoms in total. The molecule has 6 heteroatoms. The minimum atomic E-state index is -0.209. The van der Waals surface area contributed by atoms with Gasteiger partial charge in [0, 0.05) is 6.54 Å². The Kier molecular flexibility index (Phi) is 3.77. The molecule has 0 saturated heterocycles. The van der Waals surface area contributed by atoms with Gasteiger partial charge in [0.25, 0.3) is 0 Å². The zero-order valence-corrected chi connectivity index (χ0v) is 8.97. The van der Waals surface area contributed by atoms with Crippen molar-refractivity contribution in [3.63, 3.8) is 0 Å². The number of nitriles is 1. The van der Waals surface area contributed by atoms with Crippen LogP contribution in [-0.4, -0.2) is 20.0 Å². The Balaban J connectivity index is 2.87. The first kappa shape index (κ1) is 10.9. The van der Waals surface area contributed by atoms with Crippen LogP contribution in [0.4, 0.5) is 0 Å². The van der Waals surface area contributed by atoms with Crippen LogP contribution in [0.5, 0.6) is 0 Å². The van der Waals surface area contributed by atoms with Crippen LogP contribution in [0.25, 0.3) is 0 Å². The minimum absolute atomic E-state index is 0.194. The lowest BCUT2D eigenvalue weighted by Crippen LogP contribution is -2.17. The average Bonchev–Trinajstić information content (AvgIpc) is 2.50. The molecule has 0 aliphatic carbocycles. The summed E-state index contributed by atoms with van der Waals surface area (Å²) in [5, 5.41) is 15.3. The minimum Gasteiger partial charge on any atom is -0.270 e. The average molecular weight is 212 g/mol. The molecule has 1 rings (SSSR count). The molecule has 0 bridgehead atoms. The largest absolute Gasteiger partial charge is 0.343 e. The lowest BCUT2D eigenvalue weighted by Gasteiger charge is -2.03.